The van der Waals surface area contributed by atoms with Gasteiger partial charge in [0.2, 0.25) is 17.7 Å². The second kappa shape index (κ2) is 22.6. The van der Waals surface area contributed by atoms with Crippen LogP contribution in [0.4, 0.5) is 0 Å². The molecular formula is C45H66N4O7S2. The lowest BCUT2D eigenvalue weighted by molar-refractivity contribution is -0.144. The van der Waals surface area contributed by atoms with E-state index in [1.165, 1.54) is 24.2 Å². The molecule has 1 aliphatic rings. The molecule has 2 heterocycles. The molecule has 0 aliphatic carbocycles. The van der Waals surface area contributed by atoms with Crippen molar-refractivity contribution in [2.45, 2.75) is 161 Å². The van der Waals surface area contributed by atoms with Crippen LogP contribution in [0.5, 0.6) is 0 Å². The van der Waals surface area contributed by atoms with Crippen LogP contribution in [0.3, 0.4) is 0 Å². The summed E-state index contributed by atoms with van der Waals surface area (Å²) in [6.07, 6.45) is 12.0. The lowest BCUT2D eigenvalue weighted by Crippen LogP contribution is -2.57. The van der Waals surface area contributed by atoms with E-state index in [1.807, 2.05) is 71.3 Å². The molecule has 1 saturated heterocycles. The summed E-state index contributed by atoms with van der Waals surface area (Å²) >= 11 is 1.59. The Morgan fingerprint density at radius 3 is 1.98 bits per heavy atom. The second-order valence-electron chi connectivity index (χ2n) is 17.0. The van der Waals surface area contributed by atoms with E-state index >= 15 is 0 Å². The molecule has 11 nitrogen and oxygen atoms in total. The van der Waals surface area contributed by atoms with Gasteiger partial charge < -0.3 is 20.6 Å². The number of hydrogen-bond acceptors (Lipinski definition) is 9. The molecule has 4 rings (SSSR count). The largest absolute Gasteiger partial charge is 0.391 e. The van der Waals surface area contributed by atoms with Crippen LogP contribution < -0.4 is 10.6 Å². The Hall–Kier alpha value is -3.65. The third kappa shape index (κ3) is 14.6. The van der Waals surface area contributed by atoms with Gasteiger partial charge in [0.15, 0.2) is 0 Å². The van der Waals surface area contributed by atoms with Crippen LogP contribution in [-0.4, -0.2) is 72.5 Å². The van der Waals surface area contributed by atoms with Gasteiger partial charge in [-0.25, -0.2) is 4.98 Å². The first-order valence-corrected chi connectivity index (χ1v) is 23.4. The van der Waals surface area contributed by atoms with Crippen LogP contribution in [0.15, 0.2) is 58.9 Å². The fraction of sp³-hybridized carbons (Fsp3) is 0.600. The van der Waals surface area contributed by atoms with E-state index in [1.54, 1.807) is 35.6 Å². The number of nitrogens with zero attached hydrogens (tertiary/aromatic N) is 2. The molecule has 4 atom stereocenters. The number of unbranched alkanes of at least 4 members (excludes halogenated alkanes) is 11. The van der Waals surface area contributed by atoms with Gasteiger partial charge in [0.25, 0.3) is 10.1 Å². The van der Waals surface area contributed by atoms with Gasteiger partial charge >= 0.3 is 0 Å². The number of carbonyl (C=O) groups excluding carboxylic acids is 3. The van der Waals surface area contributed by atoms with Crippen LogP contribution in [0.2, 0.25) is 0 Å². The molecule has 3 aromatic rings. The first-order chi connectivity index (χ1) is 27.6. The summed E-state index contributed by atoms with van der Waals surface area (Å²) in [7, 11) is -3.69. The number of aliphatic hydroxyl groups is 1. The molecule has 1 fully saturated rings. The van der Waals surface area contributed by atoms with Crippen molar-refractivity contribution in [2.24, 2.45) is 5.41 Å². The molecule has 58 heavy (non-hydrogen) atoms. The van der Waals surface area contributed by atoms with Crippen molar-refractivity contribution in [1.82, 2.24) is 20.5 Å². The van der Waals surface area contributed by atoms with E-state index in [2.05, 4.69) is 15.6 Å². The molecule has 1 aromatic heterocycles. The SMILES string of the molecule is Cc1ccc(S(=O)(=O)OCCCCCCCCCCCCCCC(=O)NC(C(=O)N2C[C@H](O)C[C@H]2C(=O)NC(C)c2ccc(-c3scnc3C)cc2)C(C)(C)C)cc1. The molecule has 0 saturated carbocycles. The van der Waals surface area contributed by atoms with Crippen molar-refractivity contribution in [2.75, 3.05) is 13.2 Å². The maximum Gasteiger partial charge on any atom is 0.296 e. The van der Waals surface area contributed by atoms with E-state index in [0.29, 0.717) is 6.42 Å². The molecule has 320 valence electrons. The predicted molar refractivity (Wildman–Crippen MR) is 231 cm³/mol. The fourth-order valence-electron chi connectivity index (χ4n) is 7.35. The number of carbonyl (C=O) groups is 3. The Morgan fingerprint density at radius 1 is 0.862 bits per heavy atom. The smallest absolute Gasteiger partial charge is 0.296 e. The van der Waals surface area contributed by atoms with Gasteiger partial charge in [-0.2, -0.15) is 8.42 Å². The van der Waals surface area contributed by atoms with Crippen LogP contribution in [0.1, 0.15) is 140 Å². The second-order valence-corrected chi connectivity index (χ2v) is 19.4. The van der Waals surface area contributed by atoms with Crippen LogP contribution in [-0.2, 0) is 28.7 Å². The van der Waals surface area contributed by atoms with Crippen molar-refractivity contribution in [3.63, 3.8) is 0 Å². The van der Waals surface area contributed by atoms with Gasteiger partial charge in [-0.1, -0.05) is 127 Å². The minimum absolute atomic E-state index is 0.0374. The van der Waals surface area contributed by atoms with Crippen molar-refractivity contribution in [3.05, 3.63) is 70.9 Å². The average molecular weight is 839 g/mol. The summed E-state index contributed by atoms with van der Waals surface area (Å²) in [5.41, 5.74) is 5.19. The van der Waals surface area contributed by atoms with E-state index in [4.69, 9.17) is 4.18 Å². The number of nitrogens with one attached hydrogen (secondary N) is 2. The third-order valence-corrected chi connectivity index (χ3v) is 13.2. The molecule has 13 heteroatoms. The zero-order valence-electron chi connectivity index (χ0n) is 35.4. The van der Waals surface area contributed by atoms with Crippen molar-refractivity contribution < 1.29 is 32.1 Å². The maximum atomic E-state index is 14.0. The van der Waals surface area contributed by atoms with Gasteiger partial charge in [0, 0.05) is 19.4 Å². The molecule has 0 spiro atoms. The molecule has 1 aliphatic heterocycles. The quantitative estimate of drug-likeness (QED) is 0.0634. The molecule has 3 N–H and O–H groups in total. The molecule has 3 amide bonds. The summed E-state index contributed by atoms with van der Waals surface area (Å²) in [5, 5.41) is 16.6. The van der Waals surface area contributed by atoms with Crippen LogP contribution in [0.25, 0.3) is 10.4 Å². The lowest BCUT2D eigenvalue weighted by atomic mass is 9.85. The van der Waals surface area contributed by atoms with E-state index in [-0.39, 0.29) is 48.2 Å². The van der Waals surface area contributed by atoms with E-state index in [0.717, 1.165) is 85.0 Å². The summed E-state index contributed by atoms with van der Waals surface area (Å²) in [4.78, 5) is 47.8. The number of amides is 3. The minimum atomic E-state index is -3.69. The summed E-state index contributed by atoms with van der Waals surface area (Å²) in [5.74, 6) is -0.863. The van der Waals surface area contributed by atoms with Gasteiger partial charge in [-0.05, 0) is 62.3 Å². The molecule has 0 bridgehead atoms. The first kappa shape index (κ1) is 47.0. The van der Waals surface area contributed by atoms with Crippen LogP contribution >= 0.6 is 11.3 Å². The highest BCUT2D eigenvalue weighted by atomic mass is 32.2. The zero-order valence-corrected chi connectivity index (χ0v) is 37.1. The highest BCUT2D eigenvalue weighted by molar-refractivity contribution is 7.86. The Kier molecular flexibility index (Phi) is 18.4. The number of aliphatic hydroxyl groups excluding tert-OH is 1. The van der Waals surface area contributed by atoms with E-state index < -0.39 is 33.7 Å². The third-order valence-electron chi connectivity index (χ3n) is 10.9. The van der Waals surface area contributed by atoms with Gasteiger partial charge in [0.05, 0.1) is 39.7 Å². The molecule has 0 radical (unpaired) electrons. The predicted octanol–water partition coefficient (Wildman–Crippen LogP) is 8.57. The number of aromatic nitrogens is 1. The van der Waals surface area contributed by atoms with E-state index in [9.17, 15) is 27.9 Å². The lowest BCUT2D eigenvalue weighted by Gasteiger charge is -2.35. The summed E-state index contributed by atoms with van der Waals surface area (Å²) in [6, 6.07) is 12.7. The average Bonchev–Trinajstić information content (AvgIpc) is 3.80. The maximum absolute atomic E-state index is 14.0. The van der Waals surface area contributed by atoms with Gasteiger partial charge in [-0.3, -0.25) is 18.6 Å². The Bertz CT molecular complexity index is 1860. The number of aryl methyl sites for hydroxylation is 2. The highest BCUT2D eigenvalue weighted by Gasteiger charge is 2.44. The number of benzene rings is 2. The Labute approximate surface area is 350 Å². The minimum Gasteiger partial charge on any atom is -0.391 e. The number of thiazole rings is 1. The van der Waals surface area contributed by atoms with Crippen molar-refractivity contribution in [1.29, 1.82) is 0 Å². The van der Waals surface area contributed by atoms with Crippen molar-refractivity contribution in [3.8, 4) is 10.4 Å². The molecule has 2 unspecified atom stereocenters. The number of likely N-dealkylation sites (tertiary alicyclic amines) is 1. The number of hydrogen-bond donors (Lipinski definition) is 3. The fourth-order valence-corrected chi connectivity index (χ4v) is 9.10. The normalized spacial score (nSPS) is 16.9. The van der Waals surface area contributed by atoms with Crippen molar-refractivity contribution >= 4 is 39.2 Å². The van der Waals surface area contributed by atoms with Gasteiger partial charge in [-0.15, -0.1) is 11.3 Å². The monoisotopic (exact) mass is 838 g/mol. The highest BCUT2D eigenvalue weighted by Crippen LogP contribution is 2.30. The topological polar surface area (TPSA) is 155 Å². The Balaban J connectivity index is 1.09. The van der Waals surface area contributed by atoms with Crippen LogP contribution in [0, 0.1) is 19.3 Å². The summed E-state index contributed by atoms with van der Waals surface area (Å²) in [6.45, 7) is 11.7. The van der Waals surface area contributed by atoms with Gasteiger partial charge in [0.1, 0.15) is 12.1 Å². The number of rotatable bonds is 23. The molecule has 2 aromatic carbocycles. The first-order valence-electron chi connectivity index (χ1n) is 21.1. The zero-order chi connectivity index (χ0) is 42.3. The number of β-amino-alcohol motifs (C(OH)–C–C–N with tert-alkyl or cyclic N) is 1. The Morgan fingerprint density at radius 2 is 1.43 bits per heavy atom. The standard InChI is InChI=1S/C45H66N4O7S2/c1-32-20-26-38(27-21-32)58(54,55)56-28-18-16-14-12-10-8-7-9-11-13-15-17-19-40(51)48-42(45(4,5)6)44(53)49-30-37(50)29-39(49)43(52)47-33(2)35-22-24-36(25-23-35)41-34(3)46-31-57-41/h20-27,31,33,37,39,42,50H,7-19,28-30H2,1-6H3,(H,47,52)(H,48,51)/t33?,37-,39+,42?/m1/s1. The summed E-state index contributed by atoms with van der Waals surface area (Å²) < 4.78 is 29.7. The molecular weight excluding hydrogens is 773 g/mol.